The van der Waals surface area contributed by atoms with Gasteiger partial charge in [0.1, 0.15) is 10.3 Å². The first kappa shape index (κ1) is 13.4. The van der Waals surface area contributed by atoms with E-state index in [0.717, 1.165) is 11.1 Å². The highest BCUT2D eigenvalue weighted by atomic mass is 35.5. The number of thiophene rings is 1. The van der Waals surface area contributed by atoms with Gasteiger partial charge in [0.05, 0.1) is 0 Å². The number of pyridine rings is 1. The summed E-state index contributed by atoms with van der Waals surface area (Å²) < 4.78 is 1.18. The Bertz CT molecular complexity index is 780. The highest BCUT2D eigenvalue weighted by molar-refractivity contribution is 7.17. The third-order valence-electron chi connectivity index (χ3n) is 2.74. The quantitative estimate of drug-likeness (QED) is 0.685. The lowest BCUT2D eigenvalue weighted by molar-refractivity contribution is 0.102. The van der Waals surface area contributed by atoms with E-state index in [4.69, 9.17) is 23.2 Å². The van der Waals surface area contributed by atoms with Gasteiger partial charge in [0.2, 0.25) is 0 Å². The van der Waals surface area contributed by atoms with Crippen LogP contribution < -0.4 is 5.32 Å². The second-order valence-electron chi connectivity index (χ2n) is 4.13. The molecule has 3 aromatic rings. The number of benzene rings is 1. The monoisotopic (exact) mass is 322 g/mol. The van der Waals surface area contributed by atoms with Crippen molar-refractivity contribution in [3.63, 3.8) is 0 Å². The van der Waals surface area contributed by atoms with E-state index in [1.54, 1.807) is 11.3 Å². The van der Waals surface area contributed by atoms with E-state index in [0.29, 0.717) is 5.56 Å². The van der Waals surface area contributed by atoms with E-state index in [-0.39, 0.29) is 16.2 Å². The van der Waals surface area contributed by atoms with Crippen LogP contribution in [0.3, 0.4) is 0 Å². The first-order valence-electron chi connectivity index (χ1n) is 5.73. The van der Waals surface area contributed by atoms with Crippen LogP contribution in [-0.4, -0.2) is 10.9 Å². The van der Waals surface area contributed by atoms with Crippen molar-refractivity contribution in [3.05, 3.63) is 57.6 Å². The third kappa shape index (κ3) is 2.77. The Labute approximate surface area is 129 Å². The molecule has 0 unspecified atom stereocenters. The Morgan fingerprint density at radius 3 is 2.60 bits per heavy atom. The van der Waals surface area contributed by atoms with Crippen LogP contribution in [0.15, 0.2) is 41.8 Å². The molecule has 0 saturated carbocycles. The topological polar surface area (TPSA) is 42.0 Å². The van der Waals surface area contributed by atoms with E-state index in [9.17, 15) is 4.79 Å². The zero-order valence-electron chi connectivity index (χ0n) is 10.1. The second kappa shape index (κ2) is 5.40. The van der Waals surface area contributed by atoms with Crippen molar-refractivity contribution in [3.8, 4) is 0 Å². The van der Waals surface area contributed by atoms with Crippen molar-refractivity contribution in [1.82, 2.24) is 4.98 Å². The Morgan fingerprint density at radius 2 is 1.85 bits per heavy atom. The maximum atomic E-state index is 12.1. The predicted octanol–water partition coefficient (Wildman–Crippen LogP) is 4.86. The summed E-state index contributed by atoms with van der Waals surface area (Å²) in [5.74, 6) is -0.272. The molecule has 0 atom stereocenters. The molecule has 3 nitrogen and oxygen atoms in total. The lowest BCUT2D eigenvalue weighted by Gasteiger charge is -2.06. The van der Waals surface area contributed by atoms with Gasteiger partial charge >= 0.3 is 0 Å². The van der Waals surface area contributed by atoms with Gasteiger partial charge in [-0.15, -0.1) is 11.3 Å². The number of halogens is 2. The van der Waals surface area contributed by atoms with Crippen LogP contribution in [0.1, 0.15) is 10.4 Å². The minimum Gasteiger partial charge on any atom is -0.322 e. The van der Waals surface area contributed by atoms with Gasteiger partial charge in [0.15, 0.2) is 0 Å². The van der Waals surface area contributed by atoms with Crippen LogP contribution in [0.2, 0.25) is 10.3 Å². The summed E-state index contributed by atoms with van der Waals surface area (Å²) in [5.41, 5.74) is 1.10. The lowest BCUT2D eigenvalue weighted by Crippen LogP contribution is -2.12. The predicted molar refractivity (Wildman–Crippen MR) is 84.0 cm³/mol. The molecule has 3 rings (SSSR count). The summed E-state index contributed by atoms with van der Waals surface area (Å²) in [5, 5.41) is 6.31. The maximum Gasteiger partial charge on any atom is 0.255 e. The summed E-state index contributed by atoms with van der Waals surface area (Å²) in [6.07, 6.45) is 0. The molecule has 0 bridgehead atoms. The zero-order chi connectivity index (χ0) is 14.1. The van der Waals surface area contributed by atoms with Crippen molar-refractivity contribution in [2.75, 3.05) is 5.32 Å². The average Bonchev–Trinajstić information content (AvgIpc) is 2.85. The fraction of sp³-hybridized carbons (Fsp3) is 0. The molecule has 0 fully saturated rings. The van der Waals surface area contributed by atoms with E-state index in [1.165, 1.54) is 16.8 Å². The van der Waals surface area contributed by atoms with Crippen LogP contribution in [-0.2, 0) is 0 Å². The van der Waals surface area contributed by atoms with Crippen molar-refractivity contribution in [1.29, 1.82) is 0 Å². The Hall–Kier alpha value is -1.62. The molecule has 100 valence electrons. The SMILES string of the molecule is O=C(Nc1ccc2sccc2c1)c1cc(Cl)nc(Cl)c1. The standard InChI is InChI=1S/C14H8Cl2N2OS/c15-12-6-9(7-13(16)18-12)14(19)17-10-1-2-11-8(5-10)3-4-20-11/h1-7H,(H,17,19). The number of aromatic nitrogens is 1. The van der Waals surface area contributed by atoms with E-state index >= 15 is 0 Å². The summed E-state index contributed by atoms with van der Waals surface area (Å²) in [6, 6.07) is 10.7. The molecule has 2 aromatic heterocycles. The van der Waals surface area contributed by atoms with Gasteiger partial charge in [0.25, 0.3) is 5.91 Å². The molecule has 1 aromatic carbocycles. The fourth-order valence-corrected chi connectivity index (χ4v) is 3.08. The van der Waals surface area contributed by atoms with Crippen LogP contribution in [0, 0.1) is 0 Å². The molecule has 0 saturated heterocycles. The van der Waals surface area contributed by atoms with Crippen molar-refractivity contribution in [2.24, 2.45) is 0 Å². The number of rotatable bonds is 2. The molecule has 0 aliphatic heterocycles. The number of hydrogen-bond donors (Lipinski definition) is 1. The molecule has 1 N–H and O–H groups in total. The molecule has 1 amide bonds. The first-order valence-corrected chi connectivity index (χ1v) is 7.37. The summed E-state index contributed by atoms with van der Waals surface area (Å²) in [4.78, 5) is 15.9. The minimum absolute atomic E-state index is 0.191. The fourth-order valence-electron chi connectivity index (χ4n) is 1.84. The van der Waals surface area contributed by atoms with E-state index < -0.39 is 0 Å². The number of hydrogen-bond acceptors (Lipinski definition) is 3. The largest absolute Gasteiger partial charge is 0.322 e. The average molecular weight is 323 g/mol. The number of nitrogens with one attached hydrogen (secondary N) is 1. The molecular weight excluding hydrogens is 315 g/mol. The van der Waals surface area contributed by atoms with E-state index in [1.807, 2.05) is 29.6 Å². The molecular formula is C14H8Cl2N2OS. The lowest BCUT2D eigenvalue weighted by atomic mass is 10.2. The Kier molecular flexibility index (Phi) is 3.61. The van der Waals surface area contributed by atoms with Crippen molar-refractivity contribution in [2.45, 2.75) is 0 Å². The van der Waals surface area contributed by atoms with Gasteiger partial charge in [-0.3, -0.25) is 4.79 Å². The maximum absolute atomic E-state index is 12.1. The van der Waals surface area contributed by atoms with Crippen LogP contribution >= 0.6 is 34.5 Å². The van der Waals surface area contributed by atoms with Gasteiger partial charge in [-0.2, -0.15) is 0 Å². The van der Waals surface area contributed by atoms with Gasteiger partial charge in [-0.05, 0) is 47.2 Å². The molecule has 0 spiro atoms. The van der Waals surface area contributed by atoms with Crippen LogP contribution in [0.4, 0.5) is 5.69 Å². The highest BCUT2D eigenvalue weighted by Gasteiger charge is 2.09. The first-order chi connectivity index (χ1) is 9.61. The summed E-state index contributed by atoms with van der Waals surface area (Å²) in [6.45, 7) is 0. The molecule has 0 aliphatic carbocycles. The normalized spacial score (nSPS) is 10.7. The van der Waals surface area contributed by atoms with Gasteiger partial charge in [-0.1, -0.05) is 23.2 Å². The minimum atomic E-state index is -0.272. The Morgan fingerprint density at radius 1 is 1.10 bits per heavy atom. The van der Waals surface area contributed by atoms with E-state index in [2.05, 4.69) is 10.3 Å². The number of nitrogens with zero attached hydrogens (tertiary/aromatic N) is 1. The van der Waals surface area contributed by atoms with Crippen LogP contribution in [0.25, 0.3) is 10.1 Å². The highest BCUT2D eigenvalue weighted by Crippen LogP contribution is 2.24. The number of fused-ring (bicyclic) bond motifs is 1. The van der Waals surface area contributed by atoms with Crippen molar-refractivity contribution >= 4 is 56.2 Å². The smallest absolute Gasteiger partial charge is 0.255 e. The molecule has 0 radical (unpaired) electrons. The number of carbonyl (C=O) groups excluding carboxylic acids is 1. The molecule has 2 heterocycles. The third-order valence-corrected chi connectivity index (χ3v) is 4.02. The molecule has 0 aliphatic rings. The zero-order valence-corrected chi connectivity index (χ0v) is 12.4. The van der Waals surface area contributed by atoms with Crippen molar-refractivity contribution < 1.29 is 4.79 Å². The Balaban J connectivity index is 1.87. The van der Waals surface area contributed by atoms with Gasteiger partial charge in [0, 0.05) is 16.0 Å². The molecule has 6 heteroatoms. The number of amides is 1. The van der Waals surface area contributed by atoms with Gasteiger partial charge < -0.3 is 5.32 Å². The number of anilines is 1. The number of carbonyl (C=O) groups is 1. The summed E-state index contributed by atoms with van der Waals surface area (Å²) >= 11 is 13.2. The second-order valence-corrected chi connectivity index (χ2v) is 5.85. The summed E-state index contributed by atoms with van der Waals surface area (Å²) in [7, 11) is 0. The van der Waals surface area contributed by atoms with Gasteiger partial charge in [-0.25, -0.2) is 4.98 Å². The van der Waals surface area contributed by atoms with Crippen LogP contribution in [0.5, 0.6) is 0 Å². The molecule has 20 heavy (non-hydrogen) atoms.